The smallest absolute Gasteiger partial charge is 0.212 e. The highest BCUT2D eigenvalue weighted by molar-refractivity contribution is 7.89. The molecule has 2 rings (SSSR count). The Kier molecular flexibility index (Phi) is 7.86. The second-order valence-electron chi connectivity index (χ2n) is 6.06. The quantitative estimate of drug-likeness (QED) is 0.701. The summed E-state index contributed by atoms with van der Waals surface area (Å²) in [5, 5.41) is 5.96. The lowest BCUT2D eigenvalue weighted by molar-refractivity contribution is 0.584. The average molecular weight is 371 g/mol. The molecule has 0 saturated heterocycles. The van der Waals surface area contributed by atoms with Crippen LogP contribution in [0.1, 0.15) is 31.9 Å². The van der Waals surface area contributed by atoms with E-state index in [1.165, 1.54) is 16.3 Å². The molecule has 0 unspecified atom stereocenters. The van der Waals surface area contributed by atoms with E-state index in [1.54, 1.807) is 6.08 Å². The van der Waals surface area contributed by atoms with Crippen molar-refractivity contribution in [1.29, 1.82) is 0 Å². The van der Waals surface area contributed by atoms with Crippen LogP contribution in [0.3, 0.4) is 0 Å². The SMILES string of the molecule is CCCS(=O)(=O)NCC#C/C=C/CN[C@H](C)c1cccc2ccccc12. The highest BCUT2D eigenvalue weighted by Crippen LogP contribution is 2.23. The minimum Gasteiger partial charge on any atom is -0.307 e. The standard InChI is InChI=1S/C21H26N2O2S/c1-3-17-26(24,25)23-16-9-5-4-8-15-22-18(2)20-14-10-12-19-11-6-7-13-21(19)20/h4,6-8,10-14,18,22-23H,3,15-17H2,1-2H3/b8-4+/t18-/m1/s1. The van der Waals surface area contributed by atoms with Crippen molar-refractivity contribution in [1.82, 2.24) is 10.0 Å². The van der Waals surface area contributed by atoms with Crippen molar-refractivity contribution in [2.75, 3.05) is 18.8 Å². The van der Waals surface area contributed by atoms with Crippen LogP contribution in [0.2, 0.25) is 0 Å². The van der Waals surface area contributed by atoms with E-state index in [0.29, 0.717) is 13.0 Å². The number of rotatable bonds is 8. The Morgan fingerprint density at radius 2 is 1.92 bits per heavy atom. The molecule has 0 radical (unpaired) electrons. The molecule has 0 spiro atoms. The molecule has 0 aromatic heterocycles. The number of fused-ring (bicyclic) bond motifs is 1. The van der Waals surface area contributed by atoms with Crippen LogP contribution in [-0.4, -0.2) is 27.3 Å². The zero-order valence-corrected chi connectivity index (χ0v) is 16.1. The fourth-order valence-electron chi connectivity index (χ4n) is 2.70. The van der Waals surface area contributed by atoms with Gasteiger partial charge in [0.2, 0.25) is 10.0 Å². The second-order valence-corrected chi connectivity index (χ2v) is 7.99. The molecule has 5 heteroatoms. The highest BCUT2D eigenvalue weighted by atomic mass is 32.2. The predicted octanol–water partition coefficient (Wildman–Crippen LogP) is 3.38. The second kappa shape index (κ2) is 10.1. The van der Waals surface area contributed by atoms with Crippen molar-refractivity contribution in [2.24, 2.45) is 0 Å². The van der Waals surface area contributed by atoms with Crippen molar-refractivity contribution >= 4 is 20.8 Å². The number of hydrogen-bond acceptors (Lipinski definition) is 3. The third kappa shape index (κ3) is 6.30. The third-order valence-corrected chi connectivity index (χ3v) is 5.52. The molecule has 0 fully saturated rings. The summed E-state index contributed by atoms with van der Waals surface area (Å²) >= 11 is 0. The molecule has 2 aromatic carbocycles. The molecule has 138 valence electrons. The summed E-state index contributed by atoms with van der Waals surface area (Å²) in [5.41, 5.74) is 1.27. The summed E-state index contributed by atoms with van der Waals surface area (Å²) in [7, 11) is -3.18. The number of nitrogens with one attached hydrogen (secondary N) is 2. The monoisotopic (exact) mass is 370 g/mol. The average Bonchev–Trinajstić information content (AvgIpc) is 2.63. The zero-order valence-electron chi connectivity index (χ0n) is 15.3. The van der Waals surface area contributed by atoms with Crippen molar-refractivity contribution in [3.63, 3.8) is 0 Å². The number of hydrogen-bond donors (Lipinski definition) is 2. The summed E-state index contributed by atoms with van der Waals surface area (Å²) in [6.45, 7) is 4.82. The molecule has 2 N–H and O–H groups in total. The summed E-state index contributed by atoms with van der Waals surface area (Å²) < 4.78 is 25.4. The van der Waals surface area contributed by atoms with Crippen molar-refractivity contribution in [2.45, 2.75) is 26.3 Å². The molecule has 0 aliphatic carbocycles. The van der Waals surface area contributed by atoms with E-state index in [2.05, 4.69) is 65.2 Å². The zero-order chi connectivity index (χ0) is 18.8. The minimum absolute atomic E-state index is 0.139. The maximum atomic E-state index is 11.5. The molecule has 26 heavy (non-hydrogen) atoms. The molecular weight excluding hydrogens is 344 g/mol. The Hall–Kier alpha value is -2.13. The normalized spacial score (nSPS) is 12.8. The Bertz CT molecular complexity index is 903. The van der Waals surface area contributed by atoms with Gasteiger partial charge < -0.3 is 5.32 Å². The first kappa shape index (κ1) is 20.2. The maximum Gasteiger partial charge on any atom is 0.212 e. The van der Waals surface area contributed by atoms with Gasteiger partial charge in [0.25, 0.3) is 0 Å². The fourth-order valence-corrected chi connectivity index (χ4v) is 3.67. The topological polar surface area (TPSA) is 58.2 Å². The van der Waals surface area contributed by atoms with E-state index in [-0.39, 0.29) is 18.3 Å². The molecule has 0 heterocycles. The fraction of sp³-hybridized carbons (Fsp3) is 0.333. The van der Waals surface area contributed by atoms with Gasteiger partial charge in [-0.1, -0.05) is 67.3 Å². The predicted molar refractivity (Wildman–Crippen MR) is 109 cm³/mol. The summed E-state index contributed by atoms with van der Waals surface area (Å²) in [6.07, 6.45) is 4.29. The lowest BCUT2D eigenvalue weighted by atomic mass is 10.00. The first-order chi connectivity index (χ1) is 12.5. The van der Waals surface area contributed by atoms with Crippen LogP contribution in [0, 0.1) is 11.8 Å². The summed E-state index contributed by atoms with van der Waals surface area (Å²) in [4.78, 5) is 0. The largest absolute Gasteiger partial charge is 0.307 e. The Labute approximate surface area is 156 Å². The lowest BCUT2D eigenvalue weighted by Crippen LogP contribution is -2.26. The Morgan fingerprint density at radius 3 is 2.73 bits per heavy atom. The van der Waals surface area contributed by atoms with Crippen molar-refractivity contribution in [3.8, 4) is 11.8 Å². The molecule has 0 amide bonds. The molecule has 2 aromatic rings. The molecule has 0 aliphatic rings. The van der Waals surface area contributed by atoms with Crippen LogP contribution in [-0.2, 0) is 10.0 Å². The number of benzene rings is 2. The van der Waals surface area contributed by atoms with Gasteiger partial charge in [0, 0.05) is 12.6 Å². The van der Waals surface area contributed by atoms with Crippen LogP contribution in [0.15, 0.2) is 54.6 Å². The summed E-state index contributed by atoms with van der Waals surface area (Å²) in [6, 6.07) is 14.9. The van der Waals surface area contributed by atoms with E-state index in [0.717, 1.165) is 0 Å². The van der Waals surface area contributed by atoms with Crippen LogP contribution in [0.5, 0.6) is 0 Å². The summed E-state index contributed by atoms with van der Waals surface area (Å²) in [5.74, 6) is 5.77. The number of sulfonamides is 1. The lowest BCUT2D eigenvalue weighted by Gasteiger charge is -2.15. The van der Waals surface area contributed by atoms with Crippen LogP contribution >= 0.6 is 0 Å². The first-order valence-electron chi connectivity index (χ1n) is 8.85. The van der Waals surface area contributed by atoms with E-state index < -0.39 is 10.0 Å². The first-order valence-corrected chi connectivity index (χ1v) is 10.5. The molecule has 4 nitrogen and oxygen atoms in total. The van der Waals surface area contributed by atoms with Gasteiger partial charge in [-0.3, -0.25) is 0 Å². The van der Waals surface area contributed by atoms with Crippen molar-refractivity contribution in [3.05, 3.63) is 60.2 Å². The van der Waals surface area contributed by atoms with Gasteiger partial charge in [-0.25, -0.2) is 13.1 Å². The van der Waals surface area contributed by atoms with Gasteiger partial charge in [0.05, 0.1) is 12.3 Å². The minimum atomic E-state index is -3.18. The third-order valence-electron chi connectivity index (χ3n) is 3.99. The van der Waals surface area contributed by atoms with Gasteiger partial charge in [-0.15, -0.1) is 0 Å². The number of allylic oxidation sites excluding steroid dienone is 1. The van der Waals surface area contributed by atoms with Gasteiger partial charge in [0.15, 0.2) is 0 Å². The van der Waals surface area contributed by atoms with Crippen LogP contribution in [0.4, 0.5) is 0 Å². The van der Waals surface area contributed by atoms with Gasteiger partial charge >= 0.3 is 0 Å². The van der Waals surface area contributed by atoms with Crippen LogP contribution < -0.4 is 10.0 Å². The molecule has 1 atom stereocenters. The van der Waals surface area contributed by atoms with Crippen LogP contribution in [0.25, 0.3) is 10.8 Å². The Morgan fingerprint density at radius 1 is 1.15 bits per heavy atom. The van der Waals surface area contributed by atoms with Crippen molar-refractivity contribution < 1.29 is 8.42 Å². The highest BCUT2D eigenvalue weighted by Gasteiger charge is 2.07. The Balaban J connectivity index is 1.81. The van der Waals surface area contributed by atoms with E-state index in [1.807, 2.05) is 19.1 Å². The van der Waals surface area contributed by atoms with Gasteiger partial charge in [-0.2, -0.15) is 0 Å². The van der Waals surface area contributed by atoms with E-state index >= 15 is 0 Å². The molecule has 0 saturated carbocycles. The molecule has 0 aliphatic heterocycles. The van der Waals surface area contributed by atoms with E-state index in [9.17, 15) is 8.42 Å². The van der Waals surface area contributed by atoms with E-state index in [4.69, 9.17) is 0 Å². The molecular formula is C21H26N2O2S. The van der Waals surface area contributed by atoms with Gasteiger partial charge in [0.1, 0.15) is 0 Å². The van der Waals surface area contributed by atoms with Gasteiger partial charge in [-0.05, 0) is 35.8 Å². The molecule has 0 bridgehead atoms. The maximum absolute atomic E-state index is 11.5.